The van der Waals surface area contributed by atoms with Crippen LogP contribution in [0.25, 0.3) is 0 Å². The van der Waals surface area contributed by atoms with E-state index in [1.807, 2.05) is 37.3 Å². The average Bonchev–Trinajstić information content (AvgIpc) is 2.66. The van der Waals surface area contributed by atoms with Crippen molar-refractivity contribution in [3.05, 3.63) is 35.9 Å². The molecule has 0 aromatic heterocycles. The van der Waals surface area contributed by atoms with E-state index in [0.717, 1.165) is 10.5 Å². The Balaban J connectivity index is 2.17. The zero-order valence-electron chi connectivity index (χ0n) is 10.5. The Morgan fingerprint density at radius 3 is 2.58 bits per heavy atom. The molecule has 2 atom stereocenters. The maximum atomic E-state index is 12.1. The Morgan fingerprint density at radius 1 is 1.37 bits per heavy atom. The first kappa shape index (κ1) is 13.3. The number of carbonyl (C=O) groups is 3. The zero-order chi connectivity index (χ0) is 14.0. The number of carboxylic acid groups (broad SMARTS) is 1. The van der Waals surface area contributed by atoms with Gasteiger partial charge >= 0.3 is 0 Å². The molecule has 0 N–H and O–H groups in total. The van der Waals surface area contributed by atoms with Gasteiger partial charge in [0.25, 0.3) is 0 Å². The topological polar surface area (TPSA) is 77.5 Å². The van der Waals surface area contributed by atoms with Gasteiger partial charge in [-0.3, -0.25) is 14.5 Å². The number of carboxylic acids is 1. The van der Waals surface area contributed by atoms with Crippen molar-refractivity contribution in [1.82, 2.24) is 4.90 Å². The summed E-state index contributed by atoms with van der Waals surface area (Å²) in [6, 6.07) is 9.39. The van der Waals surface area contributed by atoms with Gasteiger partial charge in [0.1, 0.15) is 0 Å². The molecule has 1 heterocycles. The quantitative estimate of drug-likeness (QED) is 0.709. The predicted molar refractivity (Wildman–Crippen MR) is 64.7 cm³/mol. The zero-order valence-corrected chi connectivity index (χ0v) is 10.5. The number of amides is 2. The van der Waals surface area contributed by atoms with E-state index in [2.05, 4.69) is 0 Å². The van der Waals surface area contributed by atoms with Crippen molar-refractivity contribution in [2.75, 3.05) is 6.54 Å². The summed E-state index contributed by atoms with van der Waals surface area (Å²) in [7, 11) is 0. The largest absolute Gasteiger partial charge is 0.548 e. The van der Waals surface area contributed by atoms with E-state index in [1.54, 1.807) is 0 Å². The number of benzene rings is 1. The van der Waals surface area contributed by atoms with Crippen LogP contribution in [0.2, 0.25) is 0 Å². The van der Waals surface area contributed by atoms with Crippen LogP contribution >= 0.6 is 0 Å². The minimum atomic E-state index is -1.42. The number of rotatable bonds is 4. The van der Waals surface area contributed by atoms with E-state index < -0.39 is 30.2 Å². The number of hydrogen-bond donors (Lipinski definition) is 0. The van der Waals surface area contributed by atoms with E-state index in [-0.39, 0.29) is 12.3 Å². The van der Waals surface area contributed by atoms with E-state index in [4.69, 9.17) is 0 Å². The minimum absolute atomic E-state index is 0.0577. The number of imide groups is 1. The first-order valence-electron chi connectivity index (χ1n) is 6.09. The monoisotopic (exact) mass is 260 g/mol. The second kappa shape index (κ2) is 5.22. The third kappa shape index (κ3) is 2.65. The van der Waals surface area contributed by atoms with Gasteiger partial charge in [-0.05, 0) is 11.5 Å². The van der Waals surface area contributed by atoms with Crippen LogP contribution in [-0.2, 0) is 14.4 Å². The molecule has 0 unspecified atom stereocenters. The third-order valence-electron chi connectivity index (χ3n) is 3.49. The molecule has 1 aliphatic heterocycles. The summed E-state index contributed by atoms with van der Waals surface area (Å²) in [5.74, 6) is -2.90. The molecule has 2 rings (SSSR count). The van der Waals surface area contributed by atoms with Gasteiger partial charge in [-0.25, -0.2) is 0 Å². The van der Waals surface area contributed by atoms with E-state index in [9.17, 15) is 19.5 Å². The van der Waals surface area contributed by atoms with Crippen molar-refractivity contribution in [2.45, 2.75) is 19.3 Å². The highest BCUT2D eigenvalue weighted by Crippen LogP contribution is 2.33. The molecule has 5 nitrogen and oxygen atoms in total. The van der Waals surface area contributed by atoms with Gasteiger partial charge in [0, 0.05) is 6.42 Å². The SMILES string of the molecule is C[C@H](c1ccccc1)[C@@H]1CC(=O)N(CC(=O)[O-])C1=O. The van der Waals surface area contributed by atoms with Crippen molar-refractivity contribution in [3.63, 3.8) is 0 Å². The maximum Gasteiger partial charge on any atom is 0.233 e. The number of aliphatic carboxylic acids is 1. The van der Waals surface area contributed by atoms with Crippen LogP contribution in [0.15, 0.2) is 30.3 Å². The Bertz CT molecular complexity index is 511. The highest BCUT2D eigenvalue weighted by atomic mass is 16.4. The lowest BCUT2D eigenvalue weighted by Gasteiger charge is -2.19. The molecule has 0 radical (unpaired) electrons. The van der Waals surface area contributed by atoms with Crippen molar-refractivity contribution in [2.24, 2.45) is 5.92 Å². The van der Waals surface area contributed by atoms with Gasteiger partial charge < -0.3 is 9.90 Å². The third-order valence-corrected chi connectivity index (χ3v) is 3.49. The first-order chi connectivity index (χ1) is 9.00. The molecule has 1 saturated heterocycles. The summed E-state index contributed by atoms with van der Waals surface area (Å²) in [5.41, 5.74) is 0.962. The smallest absolute Gasteiger partial charge is 0.233 e. The number of carbonyl (C=O) groups excluding carboxylic acids is 3. The Labute approximate surface area is 110 Å². The fourth-order valence-electron chi connectivity index (χ4n) is 2.38. The standard InChI is InChI=1S/C14H15NO4/c1-9(10-5-3-2-4-6-10)11-7-12(16)15(14(11)19)8-13(17)18/h2-6,9,11H,7-8H2,1H3,(H,17,18)/p-1/t9-,11+/m1/s1. The maximum absolute atomic E-state index is 12.1. The fraction of sp³-hybridized carbons (Fsp3) is 0.357. The second-order valence-corrected chi connectivity index (χ2v) is 4.70. The molecule has 0 bridgehead atoms. The van der Waals surface area contributed by atoms with Crippen LogP contribution in [0, 0.1) is 5.92 Å². The number of nitrogens with zero attached hydrogens (tertiary/aromatic N) is 1. The Hall–Kier alpha value is -2.17. The average molecular weight is 260 g/mol. The summed E-state index contributed by atoms with van der Waals surface area (Å²) >= 11 is 0. The summed E-state index contributed by atoms with van der Waals surface area (Å²) in [4.78, 5) is 35.1. The molecule has 0 saturated carbocycles. The molecule has 100 valence electrons. The predicted octanol–water partition coefficient (Wildman–Crippen LogP) is -0.0849. The molecule has 19 heavy (non-hydrogen) atoms. The van der Waals surface area contributed by atoms with Crippen molar-refractivity contribution < 1.29 is 19.5 Å². The van der Waals surface area contributed by atoms with Gasteiger partial charge in [-0.15, -0.1) is 0 Å². The highest BCUT2D eigenvalue weighted by molar-refractivity contribution is 6.05. The molecule has 2 amide bonds. The molecule has 1 fully saturated rings. The molecule has 1 aliphatic rings. The van der Waals surface area contributed by atoms with Crippen LogP contribution in [0.1, 0.15) is 24.8 Å². The van der Waals surface area contributed by atoms with Crippen LogP contribution < -0.4 is 5.11 Å². The van der Waals surface area contributed by atoms with Crippen LogP contribution in [-0.4, -0.2) is 29.2 Å². The van der Waals surface area contributed by atoms with E-state index >= 15 is 0 Å². The van der Waals surface area contributed by atoms with Crippen molar-refractivity contribution >= 4 is 17.8 Å². The Morgan fingerprint density at radius 2 is 2.00 bits per heavy atom. The number of likely N-dealkylation sites (tertiary alicyclic amines) is 1. The number of hydrogen-bond acceptors (Lipinski definition) is 4. The lowest BCUT2D eigenvalue weighted by molar-refractivity contribution is -0.305. The summed E-state index contributed by atoms with van der Waals surface area (Å²) in [6.07, 6.45) is 0.0577. The lowest BCUT2D eigenvalue weighted by atomic mass is 9.86. The molecule has 0 aliphatic carbocycles. The van der Waals surface area contributed by atoms with E-state index in [0.29, 0.717) is 0 Å². The van der Waals surface area contributed by atoms with Gasteiger partial charge in [0.15, 0.2) is 0 Å². The molecular weight excluding hydrogens is 246 g/mol. The summed E-state index contributed by atoms with van der Waals surface area (Å²) in [6.45, 7) is 1.21. The van der Waals surface area contributed by atoms with Gasteiger partial charge in [-0.1, -0.05) is 37.3 Å². The summed E-state index contributed by atoms with van der Waals surface area (Å²) in [5, 5.41) is 10.5. The highest BCUT2D eigenvalue weighted by Gasteiger charge is 2.41. The lowest BCUT2D eigenvalue weighted by Crippen LogP contribution is -2.41. The van der Waals surface area contributed by atoms with Crippen LogP contribution in [0.3, 0.4) is 0 Å². The van der Waals surface area contributed by atoms with Gasteiger partial charge in [0.05, 0.1) is 18.4 Å². The van der Waals surface area contributed by atoms with E-state index in [1.165, 1.54) is 0 Å². The van der Waals surface area contributed by atoms with Crippen LogP contribution in [0.5, 0.6) is 0 Å². The second-order valence-electron chi connectivity index (χ2n) is 4.70. The van der Waals surface area contributed by atoms with Gasteiger partial charge in [-0.2, -0.15) is 0 Å². The van der Waals surface area contributed by atoms with Crippen molar-refractivity contribution in [3.8, 4) is 0 Å². The first-order valence-corrected chi connectivity index (χ1v) is 6.09. The molecule has 5 heteroatoms. The normalized spacial score (nSPS) is 20.7. The fourth-order valence-corrected chi connectivity index (χ4v) is 2.38. The minimum Gasteiger partial charge on any atom is -0.548 e. The Kier molecular flexibility index (Phi) is 3.64. The summed E-state index contributed by atoms with van der Waals surface area (Å²) < 4.78 is 0. The molecule has 1 aromatic carbocycles. The van der Waals surface area contributed by atoms with Gasteiger partial charge in [0.2, 0.25) is 11.8 Å². The molecular formula is C14H14NO4-. The van der Waals surface area contributed by atoms with Crippen LogP contribution in [0.4, 0.5) is 0 Å². The molecule has 1 aromatic rings. The molecule has 0 spiro atoms. The van der Waals surface area contributed by atoms with Crippen molar-refractivity contribution in [1.29, 1.82) is 0 Å².